The van der Waals surface area contributed by atoms with Gasteiger partial charge in [0.25, 0.3) is 5.91 Å². The van der Waals surface area contributed by atoms with E-state index in [0.717, 1.165) is 11.0 Å². The first-order chi connectivity index (χ1) is 12.8. The lowest BCUT2D eigenvalue weighted by Crippen LogP contribution is -2.47. The number of hydrogen-bond acceptors (Lipinski definition) is 3. The van der Waals surface area contributed by atoms with Crippen LogP contribution in [0.5, 0.6) is 0 Å². The molecule has 1 heterocycles. The summed E-state index contributed by atoms with van der Waals surface area (Å²) in [5, 5.41) is 2.70. The topological polar surface area (TPSA) is 66.5 Å². The van der Waals surface area contributed by atoms with Gasteiger partial charge in [-0.2, -0.15) is 0 Å². The van der Waals surface area contributed by atoms with Crippen LogP contribution in [0.4, 0.5) is 4.39 Å². The van der Waals surface area contributed by atoms with Gasteiger partial charge in [0, 0.05) is 10.6 Å². The van der Waals surface area contributed by atoms with E-state index in [-0.39, 0.29) is 16.5 Å². The van der Waals surface area contributed by atoms with E-state index in [4.69, 9.17) is 23.2 Å². The summed E-state index contributed by atoms with van der Waals surface area (Å²) in [4.78, 5) is 38.0. The molecule has 1 aliphatic rings. The number of halogens is 3. The Balaban J connectivity index is 1.72. The van der Waals surface area contributed by atoms with Crippen LogP contribution in [0.1, 0.15) is 34.5 Å². The van der Waals surface area contributed by atoms with Crippen LogP contribution in [0.15, 0.2) is 36.4 Å². The maximum atomic E-state index is 13.7. The van der Waals surface area contributed by atoms with Crippen LogP contribution >= 0.6 is 23.2 Å². The number of carbonyl (C=O) groups is 3. The van der Waals surface area contributed by atoms with Crippen LogP contribution in [-0.2, 0) is 16.0 Å². The lowest BCUT2D eigenvalue weighted by atomic mass is 9.98. The van der Waals surface area contributed by atoms with Crippen molar-refractivity contribution in [1.29, 1.82) is 0 Å². The minimum atomic E-state index is -0.657. The SMILES string of the molecule is C[C@H](NC(=O)CN1C(=O)Cc2ccccc2C1=O)c1cc(F)c(Cl)cc1Cl. The highest BCUT2D eigenvalue weighted by molar-refractivity contribution is 6.35. The Bertz CT molecular complexity index is 949. The summed E-state index contributed by atoms with van der Waals surface area (Å²) in [6.45, 7) is 1.19. The fourth-order valence-corrected chi connectivity index (χ4v) is 3.49. The predicted molar refractivity (Wildman–Crippen MR) is 99.2 cm³/mol. The van der Waals surface area contributed by atoms with E-state index in [0.29, 0.717) is 16.7 Å². The molecule has 2 aromatic rings. The summed E-state index contributed by atoms with van der Waals surface area (Å²) in [5.41, 5.74) is 1.38. The molecule has 8 heteroatoms. The second kappa shape index (κ2) is 7.66. The fraction of sp³-hybridized carbons (Fsp3) is 0.211. The number of carbonyl (C=O) groups excluding carboxylic acids is 3. The van der Waals surface area contributed by atoms with Crippen molar-refractivity contribution in [3.63, 3.8) is 0 Å². The molecule has 140 valence electrons. The van der Waals surface area contributed by atoms with Crippen molar-refractivity contribution >= 4 is 40.9 Å². The zero-order valence-electron chi connectivity index (χ0n) is 14.3. The molecule has 5 nitrogen and oxygen atoms in total. The zero-order valence-corrected chi connectivity index (χ0v) is 15.8. The van der Waals surface area contributed by atoms with Crippen LogP contribution in [0.2, 0.25) is 10.0 Å². The predicted octanol–water partition coefficient (Wildman–Crippen LogP) is 3.53. The number of benzene rings is 2. The van der Waals surface area contributed by atoms with Gasteiger partial charge >= 0.3 is 0 Å². The summed E-state index contributed by atoms with van der Waals surface area (Å²) in [7, 11) is 0. The lowest BCUT2D eigenvalue weighted by molar-refractivity contribution is -0.133. The molecular formula is C19H15Cl2FN2O3. The second-order valence-electron chi connectivity index (χ2n) is 6.20. The second-order valence-corrected chi connectivity index (χ2v) is 7.01. The van der Waals surface area contributed by atoms with Crippen molar-refractivity contribution in [2.24, 2.45) is 0 Å². The van der Waals surface area contributed by atoms with Gasteiger partial charge in [-0.25, -0.2) is 4.39 Å². The molecule has 27 heavy (non-hydrogen) atoms. The first-order valence-electron chi connectivity index (χ1n) is 8.14. The van der Waals surface area contributed by atoms with E-state index in [1.54, 1.807) is 31.2 Å². The minimum absolute atomic E-state index is 0.0545. The average molecular weight is 409 g/mol. The highest BCUT2D eigenvalue weighted by Gasteiger charge is 2.32. The van der Waals surface area contributed by atoms with Crippen LogP contribution < -0.4 is 5.32 Å². The maximum Gasteiger partial charge on any atom is 0.261 e. The molecule has 3 amide bonds. The molecule has 2 aromatic carbocycles. The molecule has 0 spiro atoms. The Kier molecular flexibility index (Phi) is 5.48. The Morgan fingerprint density at radius 1 is 1.22 bits per heavy atom. The summed E-state index contributed by atoms with van der Waals surface area (Å²) in [6, 6.07) is 8.53. The van der Waals surface area contributed by atoms with Crippen LogP contribution in [-0.4, -0.2) is 29.2 Å². The standard InChI is InChI=1S/C19H15Cl2FN2O3/c1-10(13-7-16(22)15(21)8-14(13)20)23-17(25)9-24-18(26)6-11-4-2-3-5-12(11)19(24)27/h2-5,7-8,10H,6,9H2,1H3,(H,23,25)/t10-/m0/s1. The molecule has 0 radical (unpaired) electrons. The smallest absolute Gasteiger partial charge is 0.261 e. The van der Waals surface area contributed by atoms with Crippen molar-refractivity contribution in [2.75, 3.05) is 6.54 Å². The van der Waals surface area contributed by atoms with Gasteiger partial charge in [-0.3, -0.25) is 19.3 Å². The number of nitrogens with one attached hydrogen (secondary N) is 1. The summed E-state index contributed by atoms with van der Waals surface area (Å²) >= 11 is 11.7. The molecule has 0 bridgehead atoms. The van der Waals surface area contributed by atoms with Gasteiger partial charge in [-0.15, -0.1) is 0 Å². The third-order valence-corrected chi connectivity index (χ3v) is 4.94. The van der Waals surface area contributed by atoms with E-state index in [2.05, 4.69) is 5.32 Å². The number of nitrogens with zero attached hydrogens (tertiary/aromatic N) is 1. The molecule has 0 unspecified atom stereocenters. The van der Waals surface area contributed by atoms with Gasteiger partial charge < -0.3 is 5.32 Å². The number of rotatable bonds is 4. The van der Waals surface area contributed by atoms with Crippen molar-refractivity contribution in [2.45, 2.75) is 19.4 Å². The average Bonchev–Trinajstić information content (AvgIpc) is 2.61. The van der Waals surface area contributed by atoms with E-state index in [1.165, 1.54) is 6.07 Å². The molecule has 0 aliphatic carbocycles. The van der Waals surface area contributed by atoms with E-state index >= 15 is 0 Å². The molecule has 1 aliphatic heterocycles. The Labute approximate surface area is 165 Å². The van der Waals surface area contributed by atoms with Crippen molar-refractivity contribution in [3.8, 4) is 0 Å². The highest BCUT2D eigenvalue weighted by atomic mass is 35.5. The first-order valence-corrected chi connectivity index (χ1v) is 8.90. The number of amides is 3. The quantitative estimate of drug-likeness (QED) is 0.621. The molecule has 1 atom stereocenters. The van der Waals surface area contributed by atoms with Gasteiger partial charge in [0.1, 0.15) is 12.4 Å². The molecule has 3 rings (SSSR count). The van der Waals surface area contributed by atoms with Gasteiger partial charge in [0.05, 0.1) is 17.5 Å². The Morgan fingerprint density at radius 2 is 1.93 bits per heavy atom. The van der Waals surface area contributed by atoms with Gasteiger partial charge in [0.15, 0.2) is 0 Å². The first kappa shape index (κ1) is 19.3. The molecular weight excluding hydrogens is 394 g/mol. The largest absolute Gasteiger partial charge is 0.348 e. The van der Waals surface area contributed by atoms with Crippen molar-refractivity contribution in [3.05, 3.63) is 69.0 Å². The Hall–Kier alpha value is -2.44. The van der Waals surface area contributed by atoms with Crippen molar-refractivity contribution in [1.82, 2.24) is 10.2 Å². The van der Waals surface area contributed by atoms with Gasteiger partial charge in [0.2, 0.25) is 11.8 Å². The molecule has 0 aromatic heterocycles. The van der Waals surface area contributed by atoms with Crippen LogP contribution in [0.25, 0.3) is 0 Å². The molecule has 0 saturated carbocycles. The van der Waals surface area contributed by atoms with Crippen molar-refractivity contribution < 1.29 is 18.8 Å². The van der Waals surface area contributed by atoms with E-state index < -0.39 is 36.1 Å². The summed E-state index contributed by atoms with van der Waals surface area (Å²) in [6.07, 6.45) is 0.0545. The number of fused-ring (bicyclic) bond motifs is 1. The van der Waals surface area contributed by atoms with Gasteiger partial charge in [-0.05, 0) is 36.2 Å². The molecule has 1 N–H and O–H groups in total. The van der Waals surface area contributed by atoms with Crippen LogP contribution in [0.3, 0.4) is 0 Å². The highest BCUT2D eigenvalue weighted by Crippen LogP contribution is 2.28. The molecule has 0 saturated heterocycles. The van der Waals surface area contributed by atoms with Crippen LogP contribution in [0, 0.1) is 5.82 Å². The fourth-order valence-electron chi connectivity index (χ4n) is 2.94. The normalized spacial score (nSPS) is 14.7. The zero-order chi connectivity index (χ0) is 19.7. The lowest BCUT2D eigenvalue weighted by Gasteiger charge is -2.27. The molecule has 0 fully saturated rings. The third-order valence-electron chi connectivity index (χ3n) is 4.32. The maximum absolute atomic E-state index is 13.7. The Morgan fingerprint density at radius 3 is 2.67 bits per heavy atom. The van der Waals surface area contributed by atoms with Gasteiger partial charge in [-0.1, -0.05) is 41.4 Å². The number of imide groups is 1. The summed E-state index contributed by atoms with van der Waals surface area (Å²) in [5.74, 6) is -2.18. The summed E-state index contributed by atoms with van der Waals surface area (Å²) < 4.78 is 13.7. The third kappa shape index (κ3) is 3.96. The van der Waals surface area contributed by atoms with E-state index in [1.807, 2.05) is 0 Å². The minimum Gasteiger partial charge on any atom is -0.348 e. The van der Waals surface area contributed by atoms with E-state index in [9.17, 15) is 18.8 Å². The monoisotopic (exact) mass is 408 g/mol. The number of hydrogen-bond donors (Lipinski definition) is 1.